The first-order chi connectivity index (χ1) is 11.8. The van der Waals surface area contributed by atoms with Crippen LogP contribution in [0.5, 0.6) is 0 Å². The molecule has 5 rings (SSSR count). The van der Waals surface area contributed by atoms with Gasteiger partial charge in [-0.1, -0.05) is 55.7 Å². The van der Waals surface area contributed by atoms with Gasteiger partial charge < -0.3 is 4.40 Å². The fourth-order valence-corrected chi connectivity index (χ4v) is 4.77. The minimum Gasteiger partial charge on any atom is -0.309 e. The summed E-state index contributed by atoms with van der Waals surface area (Å²) in [5.74, 6) is 0.717. The number of rotatable bonds is 1. The second-order valence-corrected chi connectivity index (χ2v) is 7.32. The minimum absolute atomic E-state index is 0.717. The quantitative estimate of drug-likeness (QED) is 0.373. The third kappa shape index (κ3) is 1.94. The fraction of sp³-hybridized carbons (Fsp3) is 0.304. The second-order valence-electron chi connectivity index (χ2n) is 7.32. The number of aryl methyl sites for hydroxylation is 1. The summed E-state index contributed by atoms with van der Waals surface area (Å²) >= 11 is 0. The second kappa shape index (κ2) is 5.37. The Kier molecular flexibility index (Phi) is 3.16. The summed E-state index contributed by atoms with van der Waals surface area (Å²) in [5.41, 5.74) is 7.15. The van der Waals surface area contributed by atoms with Crippen LogP contribution < -0.4 is 0 Å². The maximum atomic E-state index is 2.52. The highest BCUT2D eigenvalue weighted by Gasteiger charge is 2.22. The largest absolute Gasteiger partial charge is 0.309 e. The van der Waals surface area contributed by atoms with Crippen molar-refractivity contribution in [3.63, 3.8) is 0 Å². The zero-order valence-corrected chi connectivity index (χ0v) is 14.3. The van der Waals surface area contributed by atoms with Gasteiger partial charge in [-0.15, -0.1) is 0 Å². The van der Waals surface area contributed by atoms with Gasteiger partial charge in [-0.25, -0.2) is 0 Å². The molecule has 2 aromatic heterocycles. The molecule has 1 aliphatic carbocycles. The normalized spacial score (nSPS) is 16.4. The SMILES string of the molecule is Cc1c2ccccc2n2c1c(C1CCCCC1)cc1ccccc12. The Hall–Kier alpha value is -2.28. The molecule has 1 heteroatoms. The molecule has 0 radical (unpaired) electrons. The molecule has 0 atom stereocenters. The Bertz CT molecular complexity index is 1050. The van der Waals surface area contributed by atoms with Gasteiger partial charge in [0, 0.05) is 5.39 Å². The zero-order valence-electron chi connectivity index (χ0n) is 14.3. The van der Waals surface area contributed by atoms with E-state index in [1.165, 1.54) is 65.0 Å². The Morgan fingerprint density at radius 1 is 0.833 bits per heavy atom. The Labute approximate surface area is 142 Å². The summed E-state index contributed by atoms with van der Waals surface area (Å²) < 4.78 is 2.52. The molecule has 0 saturated heterocycles. The molecule has 2 heterocycles. The monoisotopic (exact) mass is 313 g/mol. The molecule has 0 aliphatic heterocycles. The van der Waals surface area contributed by atoms with Gasteiger partial charge in [-0.3, -0.25) is 0 Å². The highest BCUT2D eigenvalue weighted by Crippen LogP contribution is 2.40. The van der Waals surface area contributed by atoms with E-state index < -0.39 is 0 Å². The van der Waals surface area contributed by atoms with Gasteiger partial charge >= 0.3 is 0 Å². The molecule has 0 spiro atoms. The zero-order chi connectivity index (χ0) is 16.1. The average molecular weight is 313 g/mol. The van der Waals surface area contributed by atoms with Crippen molar-refractivity contribution in [3.05, 3.63) is 65.7 Å². The molecular weight excluding hydrogens is 290 g/mol. The first-order valence-corrected chi connectivity index (χ1v) is 9.26. The third-order valence-corrected chi connectivity index (χ3v) is 5.93. The molecule has 1 saturated carbocycles. The van der Waals surface area contributed by atoms with Crippen LogP contribution in [0.1, 0.15) is 49.1 Å². The summed E-state index contributed by atoms with van der Waals surface area (Å²) in [6.45, 7) is 2.30. The van der Waals surface area contributed by atoms with E-state index in [4.69, 9.17) is 0 Å². The van der Waals surface area contributed by atoms with Crippen LogP contribution >= 0.6 is 0 Å². The van der Waals surface area contributed by atoms with Crippen LogP contribution in [0.3, 0.4) is 0 Å². The molecule has 120 valence electrons. The van der Waals surface area contributed by atoms with E-state index in [9.17, 15) is 0 Å². The van der Waals surface area contributed by atoms with Crippen LogP contribution in [-0.4, -0.2) is 4.40 Å². The summed E-state index contributed by atoms with van der Waals surface area (Å²) in [6.07, 6.45) is 6.85. The highest BCUT2D eigenvalue weighted by molar-refractivity contribution is 5.99. The van der Waals surface area contributed by atoms with Crippen LogP contribution in [0.25, 0.3) is 27.3 Å². The Balaban J connectivity index is 1.97. The van der Waals surface area contributed by atoms with E-state index in [1.807, 2.05) is 0 Å². The van der Waals surface area contributed by atoms with E-state index in [-0.39, 0.29) is 0 Å². The van der Waals surface area contributed by atoms with Crippen molar-refractivity contribution in [3.8, 4) is 0 Å². The molecule has 0 unspecified atom stereocenters. The number of hydrogen-bond acceptors (Lipinski definition) is 0. The maximum Gasteiger partial charge on any atom is 0.0537 e. The fourth-order valence-electron chi connectivity index (χ4n) is 4.77. The topological polar surface area (TPSA) is 4.41 Å². The number of benzene rings is 2. The van der Waals surface area contributed by atoms with Gasteiger partial charge in [0.05, 0.1) is 16.6 Å². The van der Waals surface area contributed by atoms with Gasteiger partial charge in [0.1, 0.15) is 0 Å². The van der Waals surface area contributed by atoms with E-state index in [0.29, 0.717) is 5.92 Å². The predicted molar refractivity (Wildman–Crippen MR) is 103 cm³/mol. The summed E-state index contributed by atoms with van der Waals surface area (Å²) in [7, 11) is 0. The van der Waals surface area contributed by atoms with Crippen molar-refractivity contribution in [2.24, 2.45) is 0 Å². The van der Waals surface area contributed by atoms with Gasteiger partial charge in [0.25, 0.3) is 0 Å². The minimum atomic E-state index is 0.717. The number of aromatic nitrogens is 1. The molecule has 0 amide bonds. The molecular formula is C23H23N. The lowest BCUT2D eigenvalue weighted by atomic mass is 9.83. The van der Waals surface area contributed by atoms with E-state index >= 15 is 0 Å². The molecule has 24 heavy (non-hydrogen) atoms. The maximum absolute atomic E-state index is 2.52. The van der Waals surface area contributed by atoms with Crippen molar-refractivity contribution >= 4 is 27.3 Å². The number of nitrogens with zero attached hydrogens (tertiary/aromatic N) is 1. The first-order valence-electron chi connectivity index (χ1n) is 9.26. The molecule has 4 aromatic rings. The van der Waals surface area contributed by atoms with Crippen LogP contribution in [0.2, 0.25) is 0 Å². The summed E-state index contributed by atoms with van der Waals surface area (Å²) in [4.78, 5) is 0. The van der Waals surface area contributed by atoms with Gasteiger partial charge in [0.15, 0.2) is 0 Å². The van der Waals surface area contributed by atoms with Crippen molar-refractivity contribution in [1.82, 2.24) is 4.40 Å². The first kappa shape index (κ1) is 14.1. The van der Waals surface area contributed by atoms with E-state index in [1.54, 1.807) is 5.56 Å². The van der Waals surface area contributed by atoms with E-state index in [2.05, 4.69) is 65.9 Å². The van der Waals surface area contributed by atoms with Crippen molar-refractivity contribution < 1.29 is 0 Å². The molecule has 2 aromatic carbocycles. The summed E-state index contributed by atoms with van der Waals surface area (Å²) in [5, 5.41) is 2.76. The Morgan fingerprint density at radius 2 is 1.54 bits per heavy atom. The average Bonchev–Trinajstić information content (AvgIpc) is 2.96. The van der Waals surface area contributed by atoms with Crippen molar-refractivity contribution in [2.75, 3.05) is 0 Å². The predicted octanol–water partition coefficient (Wildman–Crippen LogP) is 6.60. The summed E-state index contributed by atoms with van der Waals surface area (Å²) in [6, 6.07) is 20.2. The standard InChI is InChI=1S/C23H23N/c1-16-19-12-6-8-14-22(19)24-21-13-7-5-11-18(21)15-20(23(16)24)17-9-3-2-4-10-17/h5-8,11-15,17H,2-4,9-10H2,1H3. The number of hydrogen-bond donors (Lipinski definition) is 0. The van der Waals surface area contributed by atoms with Gasteiger partial charge in [-0.05, 0) is 60.4 Å². The van der Waals surface area contributed by atoms with Gasteiger partial charge in [-0.2, -0.15) is 0 Å². The Morgan fingerprint density at radius 3 is 2.38 bits per heavy atom. The number of pyridine rings is 1. The van der Waals surface area contributed by atoms with E-state index in [0.717, 1.165) is 0 Å². The van der Waals surface area contributed by atoms with Crippen molar-refractivity contribution in [2.45, 2.75) is 44.9 Å². The molecule has 1 fully saturated rings. The van der Waals surface area contributed by atoms with Crippen molar-refractivity contribution in [1.29, 1.82) is 0 Å². The lowest BCUT2D eigenvalue weighted by molar-refractivity contribution is 0.445. The molecule has 1 nitrogen and oxygen atoms in total. The van der Waals surface area contributed by atoms with Crippen LogP contribution in [0, 0.1) is 6.92 Å². The van der Waals surface area contributed by atoms with Gasteiger partial charge in [0.2, 0.25) is 0 Å². The third-order valence-electron chi connectivity index (χ3n) is 5.93. The number of fused-ring (bicyclic) bond motifs is 5. The van der Waals surface area contributed by atoms with Crippen LogP contribution in [0.4, 0.5) is 0 Å². The van der Waals surface area contributed by atoms with Crippen LogP contribution in [-0.2, 0) is 0 Å². The smallest absolute Gasteiger partial charge is 0.0537 e. The molecule has 0 bridgehead atoms. The lowest BCUT2D eigenvalue weighted by Gasteiger charge is -2.24. The van der Waals surface area contributed by atoms with Crippen LogP contribution in [0.15, 0.2) is 54.6 Å². The number of para-hydroxylation sites is 2. The highest BCUT2D eigenvalue weighted by atomic mass is 14.9. The lowest BCUT2D eigenvalue weighted by Crippen LogP contribution is -2.07. The molecule has 0 N–H and O–H groups in total. The molecule has 1 aliphatic rings.